The van der Waals surface area contributed by atoms with Gasteiger partial charge >= 0.3 is 0 Å². The summed E-state index contributed by atoms with van der Waals surface area (Å²) in [4.78, 5) is 0. The molecule has 0 heterocycles. The Morgan fingerprint density at radius 2 is 1.95 bits per heavy atom. The van der Waals surface area contributed by atoms with Crippen LogP contribution in [0.4, 0.5) is 4.39 Å². The molecule has 0 radical (unpaired) electrons. The lowest BCUT2D eigenvalue weighted by molar-refractivity contribution is 0.424. The fraction of sp³-hybridized carbons (Fsp3) is 0.333. The second-order valence-electron chi connectivity index (χ2n) is 5.31. The molecule has 0 saturated carbocycles. The van der Waals surface area contributed by atoms with Crippen LogP contribution in [0, 0.1) is 19.7 Å². The fourth-order valence-corrected chi connectivity index (χ4v) is 2.41. The van der Waals surface area contributed by atoms with E-state index in [-0.39, 0.29) is 11.9 Å². The maximum atomic E-state index is 14.2. The third-order valence-corrected chi connectivity index (χ3v) is 3.52. The summed E-state index contributed by atoms with van der Waals surface area (Å²) in [7, 11) is 0. The van der Waals surface area contributed by atoms with E-state index in [0.29, 0.717) is 11.5 Å². The van der Waals surface area contributed by atoms with Crippen LogP contribution in [-0.2, 0) is 0 Å². The van der Waals surface area contributed by atoms with Crippen molar-refractivity contribution in [1.82, 2.24) is 5.32 Å². The van der Waals surface area contributed by atoms with Gasteiger partial charge in [-0.25, -0.2) is 4.39 Å². The van der Waals surface area contributed by atoms with Gasteiger partial charge in [-0.1, -0.05) is 36.8 Å². The van der Waals surface area contributed by atoms with E-state index in [0.717, 1.165) is 23.2 Å². The zero-order valence-electron chi connectivity index (χ0n) is 13.0. The van der Waals surface area contributed by atoms with Crippen molar-refractivity contribution in [3.63, 3.8) is 0 Å². The SMILES string of the molecule is CCNC(C)c1cccc(F)c1Oc1ccc(C)cc1C. The number of aryl methyl sites for hydroxylation is 2. The summed E-state index contributed by atoms with van der Waals surface area (Å²) >= 11 is 0. The van der Waals surface area contributed by atoms with E-state index in [1.165, 1.54) is 6.07 Å². The Morgan fingerprint density at radius 1 is 1.19 bits per heavy atom. The van der Waals surface area contributed by atoms with E-state index in [1.54, 1.807) is 6.07 Å². The molecule has 0 bridgehead atoms. The van der Waals surface area contributed by atoms with Gasteiger partial charge in [0.1, 0.15) is 5.75 Å². The zero-order valence-corrected chi connectivity index (χ0v) is 13.0. The van der Waals surface area contributed by atoms with Crippen LogP contribution < -0.4 is 10.1 Å². The molecule has 0 fully saturated rings. The Balaban J connectivity index is 2.38. The number of hydrogen-bond acceptors (Lipinski definition) is 2. The Hall–Kier alpha value is -1.87. The van der Waals surface area contributed by atoms with Crippen LogP contribution in [0.1, 0.15) is 36.6 Å². The first-order chi connectivity index (χ1) is 10.0. The summed E-state index contributed by atoms with van der Waals surface area (Å²) in [5.41, 5.74) is 2.99. The highest BCUT2D eigenvalue weighted by Gasteiger charge is 2.16. The maximum absolute atomic E-state index is 14.2. The van der Waals surface area contributed by atoms with E-state index in [2.05, 4.69) is 5.32 Å². The molecule has 2 aromatic rings. The maximum Gasteiger partial charge on any atom is 0.167 e. The molecule has 1 atom stereocenters. The summed E-state index contributed by atoms with van der Waals surface area (Å²) < 4.78 is 20.1. The number of nitrogens with one attached hydrogen (secondary N) is 1. The second-order valence-corrected chi connectivity index (χ2v) is 5.31. The molecule has 0 aliphatic rings. The molecule has 2 nitrogen and oxygen atoms in total. The number of halogens is 1. The van der Waals surface area contributed by atoms with Crippen LogP contribution in [0.3, 0.4) is 0 Å². The van der Waals surface area contributed by atoms with E-state index < -0.39 is 0 Å². The van der Waals surface area contributed by atoms with Gasteiger partial charge in [0, 0.05) is 11.6 Å². The lowest BCUT2D eigenvalue weighted by Crippen LogP contribution is -2.18. The fourth-order valence-electron chi connectivity index (χ4n) is 2.41. The summed E-state index contributed by atoms with van der Waals surface area (Å²) in [6.45, 7) is 8.85. The van der Waals surface area contributed by atoms with Crippen LogP contribution in [-0.4, -0.2) is 6.54 Å². The van der Waals surface area contributed by atoms with Crippen molar-refractivity contribution in [3.8, 4) is 11.5 Å². The van der Waals surface area contributed by atoms with Gasteiger partial charge in [-0.15, -0.1) is 0 Å². The predicted octanol–water partition coefficient (Wildman–Crippen LogP) is 4.91. The Labute approximate surface area is 126 Å². The Morgan fingerprint density at radius 3 is 2.62 bits per heavy atom. The molecule has 3 heteroatoms. The van der Waals surface area contributed by atoms with Gasteiger partial charge in [0.2, 0.25) is 0 Å². The molecule has 0 spiro atoms. The first kappa shape index (κ1) is 15.5. The van der Waals surface area contributed by atoms with Crippen molar-refractivity contribution in [2.45, 2.75) is 33.7 Å². The molecule has 0 amide bonds. The molecule has 21 heavy (non-hydrogen) atoms. The van der Waals surface area contributed by atoms with E-state index >= 15 is 0 Å². The molecule has 1 N–H and O–H groups in total. The summed E-state index contributed by atoms with van der Waals surface area (Å²) in [5.74, 6) is 0.658. The van der Waals surface area contributed by atoms with Gasteiger partial charge in [-0.05, 0) is 45.0 Å². The molecule has 0 aliphatic heterocycles. The van der Waals surface area contributed by atoms with Crippen LogP contribution in [0.15, 0.2) is 36.4 Å². The molecule has 1 unspecified atom stereocenters. The lowest BCUT2D eigenvalue weighted by atomic mass is 10.1. The quantitative estimate of drug-likeness (QED) is 0.844. The first-order valence-corrected chi connectivity index (χ1v) is 7.29. The number of hydrogen-bond donors (Lipinski definition) is 1. The molecule has 0 aliphatic carbocycles. The van der Waals surface area contributed by atoms with Crippen molar-refractivity contribution >= 4 is 0 Å². The Kier molecular flexibility index (Phi) is 4.97. The normalized spacial score (nSPS) is 12.2. The highest BCUT2D eigenvalue weighted by atomic mass is 19.1. The largest absolute Gasteiger partial charge is 0.454 e. The van der Waals surface area contributed by atoms with Crippen LogP contribution in [0.25, 0.3) is 0 Å². The monoisotopic (exact) mass is 287 g/mol. The van der Waals surface area contributed by atoms with E-state index in [9.17, 15) is 4.39 Å². The summed E-state index contributed by atoms with van der Waals surface area (Å²) in [5, 5.41) is 3.29. The number of ether oxygens (including phenoxy) is 1. The van der Waals surface area contributed by atoms with Crippen molar-refractivity contribution in [2.24, 2.45) is 0 Å². The number of benzene rings is 2. The average Bonchev–Trinajstić information content (AvgIpc) is 2.43. The van der Waals surface area contributed by atoms with Crippen molar-refractivity contribution < 1.29 is 9.13 Å². The molecular formula is C18H22FNO. The van der Waals surface area contributed by atoms with E-state index in [4.69, 9.17) is 4.74 Å². The van der Waals surface area contributed by atoms with Gasteiger partial charge in [0.25, 0.3) is 0 Å². The minimum absolute atomic E-state index is 0.0338. The van der Waals surface area contributed by atoms with Crippen LogP contribution in [0.5, 0.6) is 11.5 Å². The minimum Gasteiger partial charge on any atom is -0.454 e. The standard InChI is InChI=1S/C18H22FNO/c1-5-20-14(4)15-7-6-8-16(19)18(15)21-17-10-9-12(2)11-13(17)3/h6-11,14,20H,5H2,1-4H3. The second kappa shape index (κ2) is 6.72. The van der Waals surface area contributed by atoms with E-state index in [1.807, 2.05) is 52.0 Å². The lowest BCUT2D eigenvalue weighted by Gasteiger charge is -2.19. The highest BCUT2D eigenvalue weighted by molar-refractivity contribution is 5.44. The van der Waals surface area contributed by atoms with Crippen molar-refractivity contribution in [1.29, 1.82) is 0 Å². The smallest absolute Gasteiger partial charge is 0.167 e. The van der Waals surface area contributed by atoms with Crippen LogP contribution in [0.2, 0.25) is 0 Å². The molecule has 0 saturated heterocycles. The Bertz CT molecular complexity index is 625. The van der Waals surface area contributed by atoms with Gasteiger partial charge < -0.3 is 10.1 Å². The summed E-state index contributed by atoms with van der Waals surface area (Å²) in [6.07, 6.45) is 0. The molecule has 2 rings (SSSR count). The van der Waals surface area contributed by atoms with Crippen LogP contribution >= 0.6 is 0 Å². The van der Waals surface area contributed by atoms with Gasteiger partial charge in [0.15, 0.2) is 11.6 Å². The van der Waals surface area contributed by atoms with Gasteiger partial charge in [-0.2, -0.15) is 0 Å². The molecular weight excluding hydrogens is 265 g/mol. The van der Waals surface area contributed by atoms with Crippen molar-refractivity contribution in [2.75, 3.05) is 6.54 Å². The third-order valence-electron chi connectivity index (χ3n) is 3.52. The molecule has 2 aromatic carbocycles. The van der Waals surface area contributed by atoms with Crippen molar-refractivity contribution in [3.05, 3.63) is 58.9 Å². The minimum atomic E-state index is -0.336. The van der Waals surface area contributed by atoms with Gasteiger partial charge in [0.05, 0.1) is 0 Å². The first-order valence-electron chi connectivity index (χ1n) is 7.29. The zero-order chi connectivity index (χ0) is 15.4. The highest BCUT2D eigenvalue weighted by Crippen LogP contribution is 2.33. The molecule has 0 aromatic heterocycles. The number of rotatable bonds is 5. The molecule has 112 valence electrons. The predicted molar refractivity (Wildman–Crippen MR) is 84.5 cm³/mol. The number of para-hydroxylation sites is 1. The summed E-state index contributed by atoms with van der Waals surface area (Å²) in [6, 6.07) is 11.0. The average molecular weight is 287 g/mol. The topological polar surface area (TPSA) is 21.3 Å². The van der Waals surface area contributed by atoms with Gasteiger partial charge in [-0.3, -0.25) is 0 Å². The third kappa shape index (κ3) is 3.61.